The van der Waals surface area contributed by atoms with Gasteiger partial charge in [0, 0.05) is 17.6 Å². The molecular formula is C17H24N2O3. The molecule has 1 heterocycles. The van der Waals surface area contributed by atoms with E-state index in [4.69, 9.17) is 9.47 Å². The molecule has 2 N–H and O–H groups in total. The topological polar surface area (TPSA) is 59.6 Å². The van der Waals surface area contributed by atoms with Crippen LogP contribution in [0.5, 0.6) is 11.5 Å². The van der Waals surface area contributed by atoms with Gasteiger partial charge in [-0.3, -0.25) is 4.79 Å². The molecule has 1 aromatic rings. The molecule has 0 aromatic heterocycles. The largest absolute Gasteiger partial charge is 0.493 e. The lowest BCUT2D eigenvalue weighted by Gasteiger charge is -2.28. The number of hydrogen-bond donors (Lipinski definition) is 2. The molecular weight excluding hydrogens is 280 g/mol. The molecule has 1 saturated heterocycles. The van der Waals surface area contributed by atoms with Gasteiger partial charge in [0.05, 0.1) is 7.11 Å². The van der Waals surface area contributed by atoms with Gasteiger partial charge >= 0.3 is 0 Å². The molecule has 5 heteroatoms. The Morgan fingerprint density at radius 3 is 3.00 bits per heavy atom. The molecule has 1 aliphatic heterocycles. The maximum atomic E-state index is 12.4. The molecule has 0 bridgehead atoms. The molecule has 2 atom stereocenters. The first kappa shape index (κ1) is 16.4. The molecule has 0 radical (unpaired) electrons. The maximum Gasteiger partial charge on any atom is 0.251 e. The maximum absolute atomic E-state index is 12.4. The number of hydrogen-bond acceptors (Lipinski definition) is 4. The van der Waals surface area contributed by atoms with Crippen LogP contribution in [0, 0.1) is 0 Å². The highest BCUT2D eigenvalue weighted by molar-refractivity contribution is 5.95. The number of carbonyl (C=O) groups excluding carboxylic acids is 1. The summed E-state index contributed by atoms with van der Waals surface area (Å²) < 4.78 is 10.8. The number of carbonyl (C=O) groups is 1. The Kier molecular flexibility index (Phi) is 5.83. The van der Waals surface area contributed by atoms with Crippen LogP contribution in [0.2, 0.25) is 0 Å². The van der Waals surface area contributed by atoms with Crippen molar-refractivity contribution in [3.8, 4) is 11.5 Å². The summed E-state index contributed by atoms with van der Waals surface area (Å²) in [7, 11) is 1.56. The van der Waals surface area contributed by atoms with Crippen LogP contribution in [0.25, 0.3) is 0 Å². The van der Waals surface area contributed by atoms with E-state index in [1.165, 1.54) is 0 Å². The first-order valence-corrected chi connectivity index (χ1v) is 7.60. The third kappa shape index (κ3) is 4.24. The summed E-state index contributed by atoms with van der Waals surface area (Å²) in [4.78, 5) is 12.4. The molecule has 1 amide bonds. The van der Waals surface area contributed by atoms with Crippen LogP contribution in [0.1, 0.15) is 30.1 Å². The van der Waals surface area contributed by atoms with E-state index in [1.807, 2.05) is 0 Å². The minimum absolute atomic E-state index is 0.0762. The molecule has 120 valence electrons. The standard InChI is InChI=1S/C17H24N2O3/c1-4-9-22-15-6-5-13(11-16(15)21-3)17(20)19-14-7-8-18-12(2)10-14/h4-6,11-12,14,18H,1,7-10H2,2-3H3,(H,19,20). The van der Waals surface area contributed by atoms with Crippen LogP contribution in [0.4, 0.5) is 0 Å². The van der Waals surface area contributed by atoms with E-state index < -0.39 is 0 Å². The summed E-state index contributed by atoms with van der Waals surface area (Å²) in [5, 5.41) is 6.46. The molecule has 0 saturated carbocycles. The van der Waals surface area contributed by atoms with E-state index in [0.29, 0.717) is 29.7 Å². The zero-order chi connectivity index (χ0) is 15.9. The lowest BCUT2D eigenvalue weighted by molar-refractivity contribution is 0.0925. The average molecular weight is 304 g/mol. The van der Waals surface area contributed by atoms with Gasteiger partial charge in [0.1, 0.15) is 6.61 Å². The van der Waals surface area contributed by atoms with Gasteiger partial charge < -0.3 is 20.1 Å². The van der Waals surface area contributed by atoms with Crippen molar-refractivity contribution in [1.82, 2.24) is 10.6 Å². The summed E-state index contributed by atoms with van der Waals surface area (Å²) in [6, 6.07) is 5.86. The number of piperidine rings is 1. The number of amides is 1. The summed E-state index contributed by atoms with van der Waals surface area (Å²) in [5.41, 5.74) is 0.578. The first-order chi connectivity index (χ1) is 10.6. The molecule has 0 aliphatic carbocycles. The third-order valence-electron chi connectivity index (χ3n) is 3.74. The van der Waals surface area contributed by atoms with Gasteiger partial charge in [0.25, 0.3) is 5.91 Å². The lowest BCUT2D eigenvalue weighted by Crippen LogP contribution is -2.46. The smallest absolute Gasteiger partial charge is 0.251 e. The molecule has 22 heavy (non-hydrogen) atoms. The zero-order valence-corrected chi connectivity index (χ0v) is 13.2. The Morgan fingerprint density at radius 1 is 1.50 bits per heavy atom. The minimum atomic E-state index is -0.0762. The highest BCUT2D eigenvalue weighted by atomic mass is 16.5. The predicted octanol–water partition coefficient (Wildman–Crippen LogP) is 2.13. The van der Waals surface area contributed by atoms with Crippen LogP contribution in [-0.2, 0) is 0 Å². The van der Waals surface area contributed by atoms with Crippen molar-refractivity contribution in [2.75, 3.05) is 20.3 Å². The van der Waals surface area contributed by atoms with Crippen LogP contribution in [0.15, 0.2) is 30.9 Å². The van der Waals surface area contributed by atoms with Crippen LogP contribution in [-0.4, -0.2) is 38.3 Å². The molecule has 0 spiro atoms. The highest BCUT2D eigenvalue weighted by Gasteiger charge is 2.21. The second-order valence-corrected chi connectivity index (χ2v) is 5.52. The van der Waals surface area contributed by atoms with E-state index >= 15 is 0 Å². The van der Waals surface area contributed by atoms with Crippen LogP contribution < -0.4 is 20.1 Å². The van der Waals surface area contributed by atoms with Crippen LogP contribution in [0.3, 0.4) is 0 Å². The number of rotatable bonds is 6. The number of methoxy groups -OCH3 is 1. The number of ether oxygens (including phenoxy) is 2. The van der Waals surface area contributed by atoms with E-state index in [-0.39, 0.29) is 11.9 Å². The predicted molar refractivity (Wildman–Crippen MR) is 86.6 cm³/mol. The van der Waals surface area contributed by atoms with Gasteiger partial charge in [0.15, 0.2) is 11.5 Å². The summed E-state index contributed by atoms with van der Waals surface area (Å²) in [6.07, 6.45) is 3.56. The van der Waals surface area contributed by atoms with Gasteiger partial charge in [0.2, 0.25) is 0 Å². The minimum Gasteiger partial charge on any atom is -0.493 e. The summed E-state index contributed by atoms with van der Waals surface area (Å²) in [5.74, 6) is 1.08. The Morgan fingerprint density at radius 2 is 2.32 bits per heavy atom. The first-order valence-electron chi connectivity index (χ1n) is 7.60. The lowest BCUT2D eigenvalue weighted by atomic mass is 10.0. The van der Waals surface area contributed by atoms with E-state index in [9.17, 15) is 4.79 Å². The van der Waals surface area contributed by atoms with Gasteiger partial charge in [-0.05, 0) is 44.5 Å². The second-order valence-electron chi connectivity index (χ2n) is 5.52. The second kappa shape index (κ2) is 7.84. The fraction of sp³-hybridized carbons (Fsp3) is 0.471. The number of benzene rings is 1. The van der Waals surface area contributed by atoms with Crippen molar-refractivity contribution in [3.05, 3.63) is 36.4 Å². The Balaban J connectivity index is 2.04. The quantitative estimate of drug-likeness (QED) is 0.791. The molecule has 5 nitrogen and oxygen atoms in total. The Labute approximate surface area is 131 Å². The fourth-order valence-electron chi connectivity index (χ4n) is 2.61. The van der Waals surface area contributed by atoms with Gasteiger partial charge in [-0.1, -0.05) is 12.7 Å². The van der Waals surface area contributed by atoms with Gasteiger partial charge in [-0.15, -0.1) is 0 Å². The molecule has 2 unspecified atom stereocenters. The molecule has 1 fully saturated rings. The average Bonchev–Trinajstić information content (AvgIpc) is 2.52. The van der Waals surface area contributed by atoms with Gasteiger partial charge in [-0.25, -0.2) is 0 Å². The van der Waals surface area contributed by atoms with Crippen molar-refractivity contribution in [1.29, 1.82) is 0 Å². The zero-order valence-electron chi connectivity index (χ0n) is 13.2. The fourth-order valence-corrected chi connectivity index (χ4v) is 2.61. The SMILES string of the molecule is C=CCOc1ccc(C(=O)NC2CCNC(C)C2)cc1OC. The normalized spacial score (nSPS) is 21.0. The Hall–Kier alpha value is -2.01. The molecule has 1 aromatic carbocycles. The van der Waals surface area contributed by atoms with Gasteiger partial charge in [-0.2, -0.15) is 0 Å². The van der Waals surface area contributed by atoms with Crippen molar-refractivity contribution >= 4 is 5.91 Å². The molecule has 2 rings (SSSR count). The van der Waals surface area contributed by atoms with Crippen molar-refractivity contribution in [2.45, 2.75) is 31.8 Å². The number of nitrogens with one attached hydrogen (secondary N) is 2. The van der Waals surface area contributed by atoms with E-state index in [0.717, 1.165) is 19.4 Å². The van der Waals surface area contributed by atoms with Crippen LogP contribution >= 0.6 is 0 Å². The monoisotopic (exact) mass is 304 g/mol. The summed E-state index contributed by atoms with van der Waals surface area (Å²) >= 11 is 0. The third-order valence-corrected chi connectivity index (χ3v) is 3.74. The molecule has 1 aliphatic rings. The van der Waals surface area contributed by atoms with E-state index in [2.05, 4.69) is 24.1 Å². The van der Waals surface area contributed by atoms with Crippen molar-refractivity contribution in [3.63, 3.8) is 0 Å². The van der Waals surface area contributed by atoms with Crippen molar-refractivity contribution < 1.29 is 14.3 Å². The highest BCUT2D eigenvalue weighted by Crippen LogP contribution is 2.28. The summed E-state index contributed by atoms with van der Waals surface area (Å²) in [6.45, 7) is 7.08. The Bertz CT molecular complexity index is 531. The van der Waals surface area contributed by atoms with Crippen molar-refractivity contribution in [2.24, 2.45) is 0 Å². The van der Waals surface area contributed by atoms with E-state index in [1.54, 1.807) is 31.4 Å².